The van der Waals surface area contributed by atoms with Crippen molar-refractivity contribution in [3.63, 3.8) is 0 Å². The molecule has 0 saturated carbocycles. The molecule has 8 heteroatoms. The van der Waals surface area contributed by atoms with Crippen LogP contribution in [0.5, 0.6) is 11.5 Å². The molecule has 0 radical (unpaired) electrons. The topological polar surface area (TPSA) is 73.9 Å². The third-order valence-electron chi connectivity index (χ3n) is 5.23. The van der Waals surface area contributed by atoms with Crippen molar-refractivity contribution in [2.24, 2.45) is 0 Å². The number of hydrogen-bond donors (Lipinski definition) is 1. The molecule has 1 N–H and O–H groups in total. The van der Waals surface area contributed by atoms with Crippen LogP contribution in [0.25, 0.3) is 11.1 Å². The number of carbonyl (C=O) groups excluding carboxylic acids is 2. The summed E-state index contributed by atoms with van der Waals surface area (Å²) in [5.74, 6) is 0.823. The smallest absolute Gasteiger partial charge is 0.341 e. The average molecular weight is 516 g/mol. The molecule has 35 heavy (non-hydrogen) atoms. The summed E-state index contributed by atoms with van der Waals surface area (Å²) in [5, 5.41) is 5.94. The molecule has 0 bridgehead atoms. The van der Waals surface area contributed by atoms with Crippen LogP contribution < -0.4 is 14.8 Å². The second kappa shape index (κ2) is 12.6. The number of aryl methyl sites for hydroxylation is 2. The zero-order valence-corrected chi connectivity index (χ0v) is 22.0. The summed E-state index contributed by atoms with van der Waals surface area (Å²) in [6.07, 6.45) is 0.780. The van der Waals surface area contributed by atoms with Gasteiger partial charge in [-0.15, -0.1) is 11.3 Å². The van der Waals surface area contributed by atoms with Gasteiger partial charge in [0.25, 0.3) is 0 Å². The van der Waals surface area contributed by atoms with Crippen LogP contribution in [-0.2, 0) is 9.53 Å². The molecule has 1 aromatic heterocycles. The Morgan fingerprint density at radius 2 is 1.66 bits per heavy atom. The van der Waals surface area contributed by atoms with E-state index in [9.17, 15) is 9.59 Å². The summed E-state index contributed by atoms with van der Waals surface area (Å²) in [6.45, 7) is 8.74. The lowest BCUT2D eigenvalue weighted by atomic mass is 10.0. The molecular weight excluding hydrogens is 486 g/mol. The Balaban J connectivity index is 1.65. The number of nitrogens with one attached hydrogen (secondary N) is 1. The molecule has 0 spiro atoms. The van der Waals surface area contributed by atoms with E-state index < -0.39 is 5.97 Å². The maximum Gasteiger partial charge on any atom is 0.341 e. The molecule has 0 fully saturated rings. The van der Waals surface area contributed by atoms with E-state index in [2.05, 4.69) is 5.32 Å². The highest BCUT2D eigenvalue weighted by Crippen LogP contribution is 2.37. The van der Waals surface area contributed by atoms with Crippen molar-refractivity contribution in [2.75, 3.05) is 25.1 Å². The van der Waals surface area contributed by atoms with Gasteiger partial charge in [0, 0.05) is 22.4 Å². The molecule has 186 valence electrons. The Kier molecular flexibility index (Phi) is 9.57. The highest BCUT2D eigenvalue weighted by molar-refractivity contribution is 7.15. The lowest BCUT2D eigenvalue weighted by Crippen LogP contribution is -2.15. The van der Waals surface area contributed by atoms with Crippen LogP contribution in [0.2, 0.25) is 5.02 Å². The lowest BCUT2D eigenvalue weighted by Gasteiger charge is -2.11. The Morgan fingerprint density at radius 1 is 0.971 bits per heavy atom. The largest absolute Gasteiger partial charge is 0.494 e. The Labute approximate surface area is 215 Å². The van der Waals surface area contributed by atoms with Crippen LogP contribution in [0, 0.1) is 13.8 Å². The van der Waals surface area contributed by atoms with E-state index >= 15 is 0 Å². The van der Waals surface area contributed by atoms with Gasteiger partial charge >= 0.3 is 5.97 Å². The summed E-state index contributed by atoms with van der Waals surface area (Å²) in [7, 11) is 0. The fourth-order valence-corrected chi connectivity index (χ4v) is 4.65. The monoisotopic (exact) mass is 515 g/mol. The van der Waals surface area contributed by atoms with E-state index in [0.717, 1.165) is 33.2 Å². The van der Waals surface area contributed by atoms with Crippen molar-refractivity contribution < 1.29 is 23.8 Å². The highest BCUT2D eigenvalue weighted by Gasteiger charge is 2.23. The van der Waals surface area contributed by atoms with Gasteiger partial charge in [0.05, 0.1) is 19.8 Å². The predicted molar refractivity (Wildman–Crippen MR) is 141 cm³/mol. The first-order valence-corrected chi connectivity index (χ1v) is 12.8. The first-order chi connectivity index (χ1) is 16.8. The van der Waals surface area contributed by atoms with Gasteiger partial charge in [0.15, 0.2) is 0 Å². The first kappa shape index (κ1) is 26.6. The number of rotatable bonds is 11. The second-order valence-corrected chi connectivity index (χ2v) is 9.16. The molecule has 0 atom stereocenters. The molecule has 0 saturated heterocycles. The number of thiophene rings is 1. The van der Waals surface area contributed by atoms with E-state index in [0.29, 0.717) is 35.8 Å². The van der Waals surface area contributed by atoms with Crippen molar-refractivity contribution in [3.05, 3.63) is 63.5 Å². The number of amides is 1. The van der Waals surface area contributed by atoms with Crippen LogP contribution in [0.1, 0.15) is 48.2 Å². The molecule has 3 rings (SSSR count). The van der Waals surface area contributed by atoms with Crippen molar-refractivity contribution in [1.82, 2.24) is 0 Å². The summed E-state index contributed by atoms with van der Waals surface area (Å²) in [4.78, 5) is 25.4. The highest BCUT2D eigenvalue weighted by atomic mass is 35.5. The van der Waals surface area contributed by atoms with Crippen LogP contribution >= 0.6 is 22.9 Å². The molecule has 0 aliphatic carbocycles. The summed E-state index contributed by atoms with van der Waals surface area (Å²) >= 11 is 7.50. The fourth-order valence-electron chi connectivity index (χ4n) is 3.57. The predicted octanol–water partition coefficient (Wildman–Crippen LogP) is 7.06. The molecule has 0 unspecified atom stereocenters. The minimum absolute atomic E-state index is 0.192. The number of hydrogen-bond acceptors (Lipinski definition) is 6. The SMILES string of the molecule is CCOC(=O)c1c(-c2ccc(OCC)cc2)csc1NC(=O)CCCOc1cc(C)c(Cl)c(C)c1. The second-order valence-electron chi connectivity index (χ2n) is 7.90. The number of carbonyl (C=O) groups is 2. The van der Waals surface area contributed by atoms with Crippen molar-refractivity contribution in [1.29, 1.82) is 0 Å². The van der Waals surface area contributed by atoms with Gasteiger partial charge in [0.2, 0.25) is 5.91 Å². The molecule has 0 aliphatic rings. The van der Waals surface area contributed by atoms with E-state index in [4.69, 9.17) is 25.8 Å². The molecule has 1 heterocycles. The minimum Gasteiger partial charge on any atom is -0.494 e. The summed E-state index contributed by atoms with van der Waals surface area (Å²) < 4.78 is 16.6. The average Bonchev–Trinajstić information content (AvgIpc) is 3.24. The Bertz CT molecular complexity index is 1150. The van der Waals surface area contributed by atoms with Gasteiger partial charge < -0.3 is 19.5 Å². The van der Waals surface area contributed by atoms with Crippen molar-refractivity contribution >= 4 is 39.8 Å². The van der Waals surface area contributed by atoms with Crippen LogP contribution in [0.3, 0.4) is 0 Å². The third-order valence-corrected chi connectivity index (χ3v) is 6.72. The molecule has 0 aliphatic heterocycles. The van der Waals surface area contributed by atoms with Gasteiger partial charge in [-0.3, -0.25) is 4.79 Å². The van der Waals surface area contributed by atoms with Gasteiger partial charge in [-0.25, -0.2) is 4.79 Å². The fraction of sp³-hybridized carbons (Fsp3) is 0.333. The molecule has 2 aromatic carbocycles. The minimum atomic E-state index is -0.468. The number of halogens is 1. The molecule has 6 nitrogen and oxygen atoms in total. The zero-order chi connectivity index (χ0) is 25.4. The normalized spacial score (nSPS) is 10.7. The molecular formula is C27H30ClNO5S. The van der Waals surface area contributed by atoms with Crippen LogP contribution in [0.4, 0.5) is 5.00 Å². The Hall–Kier alpha value is -3.03. The summed E-state index contributed by atoms with van der Waals surface area (Å²) in [5.41, 5.74) is 3.82. The van der Waals surface area contributed by atoms with Crippen molar-refractivity contribution in [2.45, 2.75) is 40.5 Å². The van der Waals surface area contributed by atoms with Gasteiger partial charge in [0.1, 0.15) is 22.1 Å². The lowest BCUT2D eigenvalue weighted by molar-refractivity contribution is -0.116. The maximum absolute atomic E-state index is 12.7. The number of ether oxygens (including phenoxy) is 3. The number of benzene rings is 2. The van der Waals surface area contributed by atoms with Crippen molar-refractivity contribution in [3.8, 4) is 22.6 Å². The zero-order valence-electron chi connectivity index (χ0n) is 20.4. The standard InChI is InChI=1S/C27H30ClNO5S/c1-5-32-20-11-9-19(10-12-20)22-16-35-26(24(22)27(31)33-6-2)29-23(30)8-7-13-34-21-14-17(3)25(28)18(4)15-21/h9-12,14-16H,5-8,13H2,1-4H3,(H,29,30). The summed E-state index contributed by atoms with van der Waals surface area (Å²) in [6, 6.07) is 11.3. The van der Waals surface area contributed by atoms with Gasteiger partial charge in [-0.1, -0.05) is 23.7 Å². The third kappa shape index (κ3) is 6.99. The maximum atomic E-state index is 12.7. The van der Waals surface area contributed by atoms with Gasteiger partial charge in [-0.2, -0.15) is 0 Å². The van der Waals surface area contributed by atoms with E-state index in [-0.39, 0.29) is 18.9 Å². The first-order valence-electron chi connectivity index (χ1n) is 11.5. The van der Waals surface area contributed by atoms with E-state index in [1.165, 1.54) is 11.3 Å². The van der Waals surface area contributed by atoms with Crippen LogP contribution in [0.15, 0.2) is 41.8 Å². The van der Waals surface area contributed by atoms with E-state index in [1.807, 2.05) is 62.5 Å². The quantitative estimate of drug-likeness (QED) is 0.218. The number of anilines is 1. The van der Waals surface area contributed by atoms with E-state index in [1.54, 1.807) is 6.92 Å². The molecule has 3 aromatic rings. The molecule has 1 amide bonds. The van der Waals surface area contributed by atoms with Gasteiger partial charge in [-0.05, 0) is 75.1 Å². The van der Waals surface area contributed by atoms with Crippen LogP contribution in [-0.4, -0.2) is 31.7 Å². The Morgan fingerprint density at radius 3 is 2.29 bits per heavy atom. The number of esters is 1.